The van der Waals surface area contributed by atoms with Crippen LogP contribution in [0.4, 0.5) is 0 Å². The van der Waals surface area contributed by atoms with E-state index in [0.717, 1.165) is 34.4 Å². The maximum absolute atomic E-state index is 12.4. The molecule has 7 heteroatoms. The Labute approximate surface area is 166 Å². The van der Waals surface area contributed by atoms with Gasteiger partial charge in [-0.1, -0.05) is 36.4 Å². The van der Waals surface area contributed by atoms with Crippen LogP contribution >= 0.6 is 0 Å². The summed E-state index contributed by atoms with van der Waals surface area (Å²) in [7, 11) is -2.02. The molecule has 1 aliphatic rings. The van der Waals surface area contributed by atoms with E-state index in [1.165, 1.54) is 17.7 Å². The van der Waals surface area contributed by atoms with Crippen LogP contribution in [0.3, 0.4) is 0 Å². The maximum atomic E-state index is 12.4. The molecule has 1 aliphatic heterocycles. The first-order chi connectivity index (χ1) is 13.3. The second-order valence-corrected chi connectivity index (χ2v) is 8.95. The molecule has 0 aromatic heterocycles. The van der Waals surface area contributed by atoms with Gasteiger partial charge in [0.25, 0.3) is 0 Å². The van der Waals surface area contributed by atoms with Crippen molar-refractivity contribution in [1.29, 1.82) is 0 Å². The highest BCUT2D eigenvalue weighted by Crippen LogP contribution is 2.27. The fourth-order valence-electron chi connectivity index (χ4n) is 3.27. The third kappa shape index (κ3) is 5.33. The molecule has 6 nitrogen and oxygen atoms in total. The van der Waals surface area contributed by atoms with Crippen molar-refractivity contribution >= 4 is 16.0 Å². The molecular weight excluding hydrogens is 378 g/mol. The molecule has 0 unspecified atom stereocenters. The van der Waals surface area contributed by atoms with E-state index in [1.54, 1.807) is 0 Å². The third-order valence-electron chi connectivity index (χ3n) is 4.78. The monoisotopic (exact) mass is 403 g/mol. The van der Waals surface area contributed by atoms with Crippen molar-refractivity contribution in [3.8, 4) is 5.75 Å². The number of aryl methyl sites for hydroxylation is 1. The van der Waals surface area contributed by atoms with Gasteiger partial charge in [-0.2, -0.15) is 4.31 Å². The molecule has 0 saturated carbocycles. The summed E-state index contributed by atoms with van der Waals surface area (Å²) >= 11 is 0. The number of ether oxygens (including phenoxy) is 2. The van der Waals surface area contributed by atoms with Crippen molar-refractivity contribution in [2.24, 2.45) is 0 Å². The van der Waals surface area contributed by atoms with Crippen LogP contribution in [0.2, 0.25) is 0 Å². The quantitative estimate of drug-likeness (QED) is 0.634. The van der Waals surface area contributed by atoms with E-state index in [9.17, 15) is 13.2 Å². The van der Waals surface area contributed by atoms with Crippen LogP contribution < -0.4 is 4.74 Å². The molecule has 28 heavy (non-hydrogen) atoms. The highest BCUT2D eigenvalue weighted by atomic mass is 32.2. The lowest BCUT2D eigenvalue weighted by Gasteiger charge is -2.21. The van der Waals surface area contributed by atoms with Crippen LogP contribution in [0.1, 0.15) is 28.7 Å². The molecule has 2 aromatic carbocycles. The molecule has 150 valence electrons. The van der Waals surface area contributed by atoms with Crippen molar-refractivity contribution in [3.63, 3.8) is 0 Å². The Hall–Kier alpha value is -2.38. The standard InChI is InChI=1S/C21H25NO5S/c1-26-21(23)9-7-16-4-3-5-17(12-16)14-22(28(2,24)25)15-18-6-8-20-19(13-18)10-11-27-20/h3-6,8,12-13H,7,9-11,14-15H2,1-2H3. The lowest BCUT2D eigenvalue weighted by atomic mass is 10.1. The Morgan fingerprint density at radius 1 is 1.11 bits per heavy atom. The van der Waals surface area contributed by atoms with Gasteiger partial charge in [-0.25, -0.2) is 8.42 Å². The highest BCUT2D eigenvalue weighted by molar-refractivity contribution is 7.88. The number of carbonyl (C=O) groups is 1. The molecule has 0 amide bonds. The number of rotatable bonds is 8. The van der Waals surface area contributed by atoms with Gasteiger partial charge >= 0.3 is 5.97 Å². The fraction of sp³-hybridized carbons (Fsp3) is 0.381. The summed E-state index contributed by atoms with van der Waals surface area (Å²) in [5.74, 6) is 0.622. The number of hydrogen-bond acceptors (Lipinski definition) is 5. The van der Waals surface area contributed by atoms with Crippen LogP contribution in [-0.4, -0.2) is 38.7 Å². The maximum Gasteiger partial charge on any atom is 0.305 e. The van der Waals surface area contributed by atoms with Gasteiger partial charge in [-0.15, -0.1) is 0 Å². The van der Waals surface area contributed by atoms with Gasteiger partial charge < -0.3 is 9.47 Å². The van der Waals surface area contributed by atoms with E-state index < -0.39 is 10.0 Å². The van der Waals surface area contributed by atoms with Gasteiger partial charge in [0.15, 0.2) is 0 Å². The first-order valence-corrected chi connectivity index (χ1v) is 11.0. The van der Waals surface area contributed by atoms with E-state index in [2.05, 4.69) is 4.74 Å². The summed E-state index contributed by atoms with van der Waals surface area (Å²) in [5, 5.41) is 0. The van der Waals surface area contributed by atoms with E-state index in [1.807, 2.05) is 42.5 Å². The van der Waals surface area contributed by atoms with Crippen LogP contribution in [0.15, 0.2) is 42.5 Å². The van der Waals surface area contributed by atoms with Crippen LogP contribution in [0, 0.1) is 0 Å². The van der Waals surface area contributed by atoms with Crippen molar-refractivity contribution < 1.29 is 22.7 Å². The Balaban J connectivity index is 1.74. The first-order valence-electron chi connectivity index (χ1n) is 9.19. The largest absolute Gasteiger partial charge is 0.493 e. The van der Waals surface area contributed by atoms with E-state index in [4.69, 9.17) is 4.74 Å². The predicted octanol–water partition coefficient (Wildman–Crippen LogP) is 2.69. The van der Waals surface area contributed by atoms with Crippen molar-refractivity contribution in [2.75, 3.05) is 20.0 Å². The Morgan fingerprint density at radius 2 is 1.82 bits per heavy atom. The minimum absolute atomic E-state index is 0.260. The molecule has 0 atom stereocenters. The van der Waals surface area contributed by atoms with Crippen LogP contribution in [-0.2, 0) is 45.5 Å². The number of nitrogens with zero attached hydrogens (tertiary/aromatic N) is 1. The number of fused-ring (bicyclic) bond motifs is 1. The van der Waals surface area contributed by atoms with E-state index in [0.29, 0.717) is 26.0 Å². The molecule has 2 aromatic rings. The molecule has 0 N–H and O–H groups in total. The van der Waals surface area contributed by atoms with Crippen molar-refractivity contribution in [1.82, 2.24) is 4.31 Å². The number of carbonyl (C=O) groups excluding carboxylic acids is 1. The molecule has 3 rings (SSSR count). The molecule has 1 heterocycles. The third-order valence-corrected chi connectivity index (χ3v) is 5.97. The zero-order chi connectivity index (χ0) is 20.1. The van der Waals surface area contributed by atoms with Crippen molar-refractivity contribution in [2.45, 2.75) is 32.4 Å². The number of benzene rings is 2. The fourth-order valence-corrected chi connectivity index (χ4v) is 4.04. The summed E-state index contributed by atoms with van der Waals surface area (Å²) in [6.45, 7) is 1.25. The van der Waals surface area contributed by atoms with Gasteiger partial charge in [0.1, 0.15) is 5.75 Å². The number of hydrogen-bond donors (Lipinski definition) is 0. The molecular formula is C21H25NO5S. The normalized spacial score (nSPS) is 13.2. The van der Waals surface area contributed by atoms with Gasteiger partial charge in [0, 0.05) is 25.9 Å². The van der Waals surface area contributed by atoms with E-state index in [-0.39, 0.29) is 12.5 Å². The summed E-state index contributed by atoms with van der Waals surface area (Å²) in [4.78, 5) is 11.3. The zero-order valence-electron chi connectivity index (χ0n) is 16.2. The summed E-state index contributed by atoms with van der Waals surface area (Å²) in [5.41, 5.74) is 3.93. The van der Waals surface area contributed by atoms with Crippen molar-refractivity contribution in [3.05, 3.63) is 64.7 Å². The Bertz CT molecular complexity index is 955. The number of sulfonamides is 1. The Kier molecular flexibility index (Phi) is 6.36. The first kappa shape index (κ1) is 20.4. The van der Waals surface area contributed by atoms with Gasteiger partial charge in [-0.3, -0.25) is 4.79 Å². The Morgan fingerprint density at radius 3 is 2.54 bits per heavy atom. The van der Waals surface area contributed by atoms with Gasteiger partial charge in [0.05, 0.1) is 20.0 Å². The molecule has 0 bridgehead atoms. The summed E-state index contributed by atoms with van der Waals surface area (Å²) in [6, 6.07) is 13.5. The SMILES string of the molecule is COC(=O)CCc1cccc(CN(Cc2ccc3c(c2)CCO3)S(C)(=O)=O)c1. The highest BCUT2D eigenvalue weighted by Gasteiger charge is 2.19. The predicted molar refractivity (Wildman–Crippen MR) is 107 cm³/mol. The second-order valence-electron chi connectivity index (χ2n) is 6.97. The number of methoxy groups -OCH3 is 1. The summed E-state index contributed by atoms with van der Waals surface area (Å²) < 4.78 is 36.4. The number of esters is 1. The zero-order valence-corrected chi connectivity index (χ0v) is 17.0. The van der Waals surface area contributed by atoms with Crippen LogP contribution in [0.25, 0.3) is 0 Å². The lowest BCUT2D eigenvalue weighted by molar-refractivity contribution is -0.140. The topological polar surface area (TPSA) is 72.9 Å². The molecule has 0 radical (unpaired) electrons. The van der Waals surface area contributed by atoms with Gasteiger partial charge in [0.2, 0.25) is 10.0 Å². The lowest BCUT2D eigenvalue weighted by Crippen LogP contribution is -2.29. The molecule has 0 fully saturated rings. The van der Waals surface area contributed by atoms with E-state index >= 15 is 0 Å². The minimum atomic E-state index is -3.39. The average molecular weight is 404 g/mol. The summed E-state index contributed by atoms with van der Waals surface area (Å²) in [6.07, 6.45) is 2.94. The molecule has 0 saturated heterocycles. The minimum Gasteiger partial charge on any atom is -0.493 e. The molecule has 0 spiro atoms. The second kappa shape index (κ2) is 8.75. The smallest absolute Gasteiger partial charge is 0.305 e. The van der Waals surface area contributed by atoms with Gasteiger partial charge in [-0.05, 0) is 34.7 Å². The molecule has 0 aliphatic carbocycles. The average Bonchev–Trinajstić information content (AvgIpc) is 3.13. The van der Waals surface area contributed by atoms with Crippen LogP contribution in [0.5, 0.6) is 5.75 Å².